The Kier molecular flexibility index (Phi) is 5.34. The van der Waals surface area contributed by atoms with E-state index in [1.54, 1.807) is 12.1 Å². The zero-order valence-corrected chi connectivity index (χ0v) is 17.4. The maximum absolute atomic E-state index is 10.3. The smallest absolute Gasteiger partial charge is 0.116 e. The molecule has 1 unspecified atom stereocenters. The molecule has 1 atom stereocenters. The largest absolute Gasteiger partial charge is 0.508 e. The fourth-order valence-electron chi connectivity index (χ4n) is 3.83. The molecule has 1 heterocycles. The van der Waals surface area contributed by atoms with Crippen molar-refractivity contribution in [3.8, 4) is 5.75 Å². The van der Waals surface area contributed by atoms with Gasteiger partial charge in [-0.25, -0.2) is 0 Å². The molecular weight excluding hydrogens is 371 g/mol. The van der Waals surface area contributed by atoms with Crippen LogP contribution in [0.25, 0.3) is 5.57 Å². The molecule has 0 amide bonds. The Labute approximate surface area is 173 Å². The molecule has 1 aliphatic heterocycles. The van der Waals surface area contributed by atoms with E-state index < -0.39 is 7.92 Å². The summed E-state index contributed by atoms with van der Waals surface area (Å²) in [6.45, 7) is 10.5. The van der Waals surface area contributed by atoms with Crippen molar-refractivity contribution < 1.29 is 5.11 Å². The SMILES string of the molecule is C=C/C=C\C1=C(c2ccccc2C)c2ccc(O)cc2P(c2ccccc2)C1=C. The molecule has 142 valence electrons. The third kappa shape index (κ3) is 3.50. The van der Waals surface area contributed by atoms with Crippen LogP contribution in [0.3, 0.4) is 0 Å². The first-order chi connectivity index (χ1) is 14.1. The van der Waals surface area contributed by atoms with E-state index in [0.717, 1.165) is 27.3 Å². The van der Waals surface area contributed by atoms with Crippen LogP contribution in [0.2, 0.25) is 0 Å². The second-order valence-corrected chi connectivity index (χ2v) is 9.23. The molecule has 0 saturated carbocycles. The minimum atomic E-state index is -0.840. The highest BCUT2D eigenvalue weighted by atomic mass is 31.1. The van der Waals surface area contributed by atoms with Crippen molar-refractivity contribution in [2.24, 2.45) is 0 Å². The van der Waals surface area contributed by atoms with Crippen molar-refractivity contribution in [2.45, 2.75) is 6.92 Å². The van der Waals surface area contributed by atoms with Crippen molar-refractivity contribution in [1.29, 1.82) is 0 Å². The number of fused-ring (bicyclic) bond motifs is 1. The maximum atomic E-state index is 10.3. The van der Waals surface area contributed by atoms with Gasteiger partial charge in [0.1, 0.15) is 5.75 Å². The molecular formula is C27H23OP. The van der Waals surface area contributed by atoms with Crippen LogP contribution in [-0.2, 0) is 0 Å². The summed E-state index contributed by atoms with van der Waals surface area (Å²) in [6, 6.07) is 24.6. The molecule has 2 heteroatoms. The lowest BCUT2D eigenvalue weighted by molar-refractivity contribution is 0.476. The predicted molar refractivity (Wildman–Crippen MR) is 126 cm³/mol. The van der Waals surface area contributed by atoms with Crippen LogP contribution in [-0.4, -0.2) is 5.11 Å². The standard InChI is InChI=1S/C27H23OP/c1-4-5-14-24-20(3)29(22-12-7-6-8-13-22)26-18-21(28)16-17-25(26)27(24)23-15-10-9-11-19(23)2/h4-18,28H,1,3H2,2H3/b14-5-. The van der Waals surface area contributed by atoms with Crippen LogP contribution in [0.4, 0.5) is 0 Å². The molecule has 0 saturated heterocycles. The Bertz CT molecular complexity index is 1150. The molecule has 3 aromatic rings. The van der Waals surface area contributed by atoms with Gasteiger partial charge in [-0.15, -0.1) is 0 Å². The van der Waals surface area contributed by atoms with Gasteiger partial charge in [0, 0.05) is 0 Å². The molecule has 0 aliphatic carbocycles. The van der Waals surface area contributed by atoms with E-state index in [1.165, 1.54) is 16.4 Å². The van der Waals surface area contributed by atoms with Crippen LogP contribution in [0.5, 0.6) is 5.75 Å². The second kappa shape index (κ2) is 8.07. The third-order valence-corrected chi connectivity index (χ3v) is 7.62. The number of phenols is 1. The van der Waals surface area contributed by atoms with Gasteiger partial charge in [-0.2, -0.15) is 0 Å². The van der Waals surface area contributed by atoms with Crippen LogP contribution in [0, 0.1) is 6.92 Å². The zero-order chi connectivity index (χ0) is 20.4. The Morgan fingerprint density at radius 3 is 2.34 bits per heavy atom. The fourth-order valence-corrected chi connectivity index (χ4v) is 6.30. The highest BCUT2D eigenvalue weighted by Crippen LogP contribution is 2.54. The van der Waals surface area contributed by atoms with Gasteiger partial charge in [0.2, 0.25) is 0 Å². The number of rotatable bonds is 4. The molecule has 4 rings (SSSR count). The molecule has 0 bridgehead atoms. The Morgan fingerprint density at radius 1 is 0.897 bits per heavy atom. The molecule has 1 N–H and O–H groups in total. The fraction of sp³-hybridized carbons (Fsp3) is 0.0370. The number of phenolic OH excluding ortho intramolecular Hbond substituents is 1. The van der Waals surface area contributed by atoms with E-state index in [9.17, 15) is 5.11 Å². The predicted octanol–water partition coefficient (Wildman–Crippen LogP) is 6.20. The van der Waals surface area contributed by atoms with Gasteiger partial charge >= 0.3 is 0 Å². The van der Waals surface area contributed by atoms with E-state index in [-0.39, 0.29) is 5.75 Å². The van der Waals surface area contributed by atoms with Crippen LogP contribution in [0.1, 0.15) is 16.7 Å². The normalized spacial score (nSPS) is 16.2. The van der Waals surface area contributed by atoms with Gasteiger partial charge in [-0.05, 0) is 76.8 Å². The molecule has 1 aliphatic rings. The first kappa shape index (κ1) is 19.2. The van der Waals surface area contributed by atoms with Crippen molar-refractivity contribution in [3.05, 3.63) is 132 Å². The number of hydrogen-bond acceptors (Lipinski definition) is 1. The number of aryl methyl sites for hydroxylation is 1. The van der Waals surface area contributed by atoms with Crippen molar-refractivity contribution in [1.82, 2.24) is 0 Å². The summed E-state index contributed by atoms with van der Waals surface area (Å²) in [5, 5.41) is 13.8. The Hall–Kier alpha value is -3.15. The van der Waals surface area contributed by atoms with Crippen molar-refractivity contribution in [2.75, 3.05) is 0 Å². The van der Waals surface area contributed by atoms with Crippen LogP contribution >= 0.6 is 7.92 Å². The number of allylic oxidation sites excluding steroid dienone is 5. The maximum Gasteiger partial charge on any atom is 0.116 e. The summed E-state index contributed by atoms with van der Waals surface area (Å²) in [6.07, 6.45) is 5.89. The summed E-state index contributed by atoms with van der Waals surface area (Å²) in [5.74, 6) is 0.286. The molecule has 0 aromatic heterocycles. The van der Waals surface area contributed by atoms with Crippen molar-refractivity contribution >= 4 is 24.1 Å². The lowest BCUT2D eigenvalue weighted by Gasteiger charge is -2.32. The van der Waals surface area contributed by atoms with E-state index in [2.05, 4.69) is 74.7 Å². The summed E-state index contributed by atoms with van der Waals surface area (Å²) >= 11 is 0. The van der Waals surface area contributed by atoms with Gasteiger partial charge in [-0.1, -0.05) is 86.0 Å². The topological polar surface area (TPSA) is 20.2 Å². The van der Waals surface area contributed by atoms with Crippen LogP contribution < -0.4 is 10.6 Å². The monoisotopic (exact) mass is 394 g/mol. The summed E-state index contributed by atoms with van der Waals surface area (Å²) < 4.78 is 0. The average Bonchev–Trinajstić information content (AvgIpc) is 2.73. The Morgan fingerprint density at radius 2 is 1.62 bits per heavy atom. The summed E-state index contributed by atoms with van der Waals surface area (Å²) in [7, 11) is -0.840. The van der Waals surface area contributed by atoms with Crippen LogP contribution in [0.15, 0.2) is 115 Å². The van der Waals surface area contributed by atoms with Gasteiger partial charge < -0.3 is 5.11 Å². The average molecular weight is 394 g/mol. The van der Waals surface area contributed by atoms with Gasteiger partial charge in [0.15, 0.2) is 0 Å². The third-order valence-electron chi connectivity index (χ3n) is 5.17. The van der Waals surface area contributed by atoms with E-state index in [4.69, 9.17) is 0 Å². The lowest BCUT2D eigenvalue weighted by atomic mass is 9.89. The molecule has 0 spiro atoms. The quantitative estimate of drug-likeness (QED) is 0.412. The molecule has 1 nitrogen and oxygen atoms in total. The highest BCUT2D eigenvalue weighted by molar-refractivity contribution is 7.77. The molecule has 29 heavy (non-hydrogen) atoms. The first-order valence-electron chi connectivity index (χ1n) is 9.59. The van der Waals surface area contributed by atoms with E-state index in [1.807, 2.05) is 24.3 Å². The number of benzene rings is 3. The summed E-state index contributed by atoms with van der Waals surface area (Å²) in [4.78, 5) is 0. The van der Waals surface area contributed by atoms with Crippen molar-refractivity contribution in [3.63, 3.8) is 0 Å². The van der Waals surface area contributed by atoms with Gasteiger partial charge in [-0.3, -0.25) is 0 Å². The number of hydrogen-bond donors (Lipinski definition) is 1. The van der Waals surface area contributed by atoms with E-state index >= 15 is 0 Å². The minimum Gasteiger partial charge on any atom is -0.508 e. The first-order valence-corrected chi connectivity index (χ1v) is 10.9. The minimum absolute atomic E-state index is 0.286. The van der Waals surface area contributed by atoms with Gasteiger partial charge in [0.05, 0.1) is 0 Å². The second-order valence-electron chi connectivity index (χ2n) is 7.02. The Balaban J connectivity index is 2.07. The summed E-state index contributed by atoms with van der Waals surface area (Å²) in [5.41, 5.74) is 5.85. The molecule has 0 fully saturated rings. The molecule has 0 radical (unpaired) electrons. The van der Waals surface area contributed by atoms with E-state index in [0.29, 0.717) is 0 Å². The zero-order valence-electron chi connectivity index (χ0n) is 16.5. The molecule has 3 aromatic carbocycles. The van der Waals surface area contributed by atoms with Gasteiger partial charge in [0.25, 0.3) is 0 Å². The lowest BCUT2D eigenvalue weighted by Crippen LogP contribution is -2.22. The number of aromatic hydroxyl groups is 1. The highest BCUT2D eigenvalue weighted by Gasteiger charge is 2.31.